The Bertz CT molecular complexity index is 442. The molecular weight excluding hydrogens is 268 g/mol. The van der Waals surface area contributed by atoms with Crippen LogP contribution in [0.25, 0.3) is 0 Å². The lowest BCUT2D eigenvalue weighted by Gasteiger charge is -2.11. The fraction of sp³-hybridized carbons (Fsp3) is 0.538. The van der Waals surface area contributed by atoms with Gasteiger partial charge in [0.25, 0.3) is 12.3 Å². The zero-order chi connectivity index (χ0) is 15.0. The number of rotatable bonds is 8. The van der Waals surface area contributed by atoms with Gasteiger partial charge in [-0.05, 0) is 19.9 Å². The molecule has 0 aromatic carbocycles. The minimum absolute atomic E-state index is 0.0475. The Morgan fingerprint density at radius 3 is 2.90 bits per heavy atom. The monoisotopic (exact) mass is 287 g/mol. The number of hydrogen-bond donors (Lipinski definition) is 2. The summed E-state index contributed by atoms with van der Waals surface area (Å²) in [7, 11) is 0. The lowest BCUT2D eigenvalue weighted by Crippen LogP contribution is -2.28. The van der Waals surface area contributed by atoms with Crippen molar-refractivity contribution in [1.29, 1.82) is 0 Å². The van der Waals surface area contributed by atoms with Crippen LogP contribution < -0.4 is 10.6 Å². The van der Waals surface area contributed by atoms with Gasteiger partial charge in [0.2, 0.25) is 0 Å². The molecule has 112 valence electrons. The van der Waals surface area contributed by atoms with Gasteiger partial charge in [-0.25, -0.2) is 8.78 Å². The third kappa shape index (κ3) is 5.48. The van der Waals surface area contributed by atoms with Crippen LogP contribution in [0.2, 0.25) is 0 Å². The molecule has 0 atom stereocenters. The summed E-state index contributed by atoms with van der Waals surface area (Å²) >= 11 is 0. The highest BCUT2D eigenvalue weighted by molar-refractivity contribution is 5.99. The smallest absolute Gasteiger partial charge is 0.261 e. The molecule has 1 aromatic heterocycles. The van der Waals surface area contributed by atoms with Gasteiger partial charge in [0.15, 0.2) is 0 Å². The van der Waals surface area contributed by atoms with Gasteiger partial charge in [-0.1, -0.05) is 0 Å². The van der Waals surface area contributed by atoms with Crippen LogP contribution >= 0.6 is 0 Å². The molecule has 0 unspecified atom stereocenters. The van der Waals surface area contributed by atoms with Crippen molar-refractivity contribution in [2.45, 2.75) is 20.3 Å². The molecule has 0 aliphatic heterocycles. The highest BCUT2D eigenvalue weighted by Gasteiger charge is 2.11. The van der Waals surface area contributed by atoms with Crippen molar-refractivity contribution < 1.29 is 18.3 Å². The molecule has 1 aromatic rings. The Kier molecular flexibility index (Phi) is 6.86. The summed E-state index contributed by atoms with van der Waals surface area (Å²) in [6.45, 7) is 4.04. The standard InChI is InChI=1S/C13H19F2N3O2/c1-3-16-11-6-9(2)18-7-10(11)13(19)17-4-5-20-8-12(14)15/h6-7,12H,3-5,8H2,1-2H3,(H,16,18)(H,17,19). The van der Waals surface area contributed by atoms with E-state index in [0.717, 1.165) is 5.69 Å². The molecule has 2 N–H and O–H groups in total. The quantitative estimate of drug-likeness (QED) is 0.716. The highest BCUT2D eigenvalue weighted by atomic mass is 19.3. The average molecular weight is 287 g/mol. The summed E-state index contributed by atoms with van der Waals surface area (Å²) < 4.78 is 28.3. The maximum absolute atomic E-state index is 12.0. The molecule has 0 aliphatic carbocycles. The van der Waals surface area contributed by atoms with E-state index in [1.165, 1.54) is 6.20 Å². The molecule has 1 rings (SSSR count). The molecule has 1 amide bonds. The van der Waals surface area contributed by atoms with E-state index in [1.54, 1.807) is 6.07 Å². The van der Waals surface area contributed by atoms with Gasteiger partial charge in [0, 0.05) is 25.0 Å². The second-order valence-corrected chi connectivity index (χ2v) is 4.12. The number of pyridine rings is 1. The number of aryl methyl sites for hydroxylation is 1. The second kappa shape index (κ2) is 8.42. The van der Waals surface area contributed by atoms with Crippen LogP contribution in [-0.4, -0.2) is 43.6 Å². The molecule has 0 saturated carbocycles. The molecule has 20 heavy (non-hydrogen) atoms. The van der Waals surface area contributed by atoms with Gasteiger partial charge < -0.3 is 15.4 Å². The van der Waals surface area contributed by atoms with Gasteiger partial charge in [-0.2, -0.15) is 0 Å². The van der Waals surface area contributed by atoms with Gasteiger partial charge >= 0.3 is 0 Å². The maximum Gasteiger partial charge on any atom is 0.261 e. The number of carbonyl (C=O) groups excluding carboxylic acids is 1. The molecule has 0 radical (unpaired) electrons. The molecule has 0 bridgehead atoms. The zero-order valence-corrected chi connectivity index (χ0v) is 11.6. The lowest BCUT2D eigenvalue weighted by molar-refractivity contribution is 0.0188. The van der Waals surface area contributed by atoms with E-state index in [2.05, 4.69) is 20.4 Å². The topological polar surface area (TPSA) is 63.2 Å². The number of nitrogens with zero attached hydrogens (tertiary/aromatic N) is 1. The first-order chi connectivity index (χ1) is 9.54. The Morgan fingerprint density at radius 1 is 1.50 bits per heavy atom. The molecule has 0 saturated heterocycles. The van der Waals surface area contributed by atoms with E-state index >= 15 is 0 Å². The molecule has 7 heteroatoms. The Labute approximate surface area is 116 Å². The number of alkyl halides is 2. The van der Waals surface area contributed by atoms with E-state index in [-0.39, 0.29) is 19.1 Å². The molecule has 0 spiro atoms. The summed E-state index contributed by atoms with van der Waals surface area (Å²) in [6, 6.07) is 1.78. The Balaban J connectivity index is 2.50. The number of ether oxygens (including phenoxy) is 1. The fourth-order valence-corrected chi connectivity index (χ4v) is 1.58. The number of anilines is 1. The van der Waals surface area contributed by atoms with Crippen molar-refractivity contribution in [1.82, 2.24) is 10.3 Å². The third-order valence-corrected chi connectivity index (χ3v) is 2.43. The summed E-state index contributed by atoms with van der Waals surface area (Å²) in [4.78, 5) is 16.0. The van der Waals surface area contributed by atoms with E-state index in [1.807, 2.05) is 13.8 Å². The van der Waals surface area contributed by atoms with Crippen LogP contribution in [0.1, 0.15) is 23.0 Å². The van der Waals surface area contributed by atoms with Crippen LogP contribution in [0.3, 0.4) is 0 Å². The van der Waals surface area contributed by atoms with E-state index in [4.69, 9.17) is 0 Å². The number of nitrogens with one attached hydrogen (secondary N) is 2. The van der Waals surface area contributed by atoms with E-state index < -0.39 is 13.0 Å². The molecule has 0 aliphatic rings. The fourth-order valence-electron chi connectivity index (χ4n) is 1.58. The van der Waals surface area contributed by atoms with Crippen molar-refractivity contribution in [2.24, 2.45) is 0 Å². The normalized spacial score (nSPS) is 10.7. The lowest BCUT2D eigenvalue weighted by atomic mass is 10.2. The van der Waals surface area contributed by atoms with Crippen LogP contribution in [0.5, 0.6) is 0 Å². The van der Waals surface area contributed by atoms with Crippen molar-refractivity contribution in [3.63, 3.8) is 0 Å². The summed E-state index contributed by atoms with van der Waals surface area (Å²) in [6.07, 6.45) is -1.00. The van der Waals surface area contributed by atoms with Crippen molar-refractivity contribution >= 4 is 11.6 Å². The Morgan fingerprint density at radius 2 is 2.25 bits per heavy atom. The largest absolute Gasteiger partial charge is 0.385 e. The number of aromatic nitrogens is 1. The number of amides is 1. The number of carbonyl (C=O) groups is 1. The SMILES string of the molecule is CCNc1cc(C)ncc1C(=O)NCCOCC(F)F. The summed E-state index contributed by atoms with van der Waals surface area (Å²) in [5.41, 5.74) is 1.93. The highest BCUT2D eigenvalue weighted by Crippen LogP contribution is 2.15. The predicted molar refractivity (Wildman–Crippen MR) is 72.3 cm³/mol. The zero-order valence-electron chi connectivity index (χ0n) is 11.6. The molecule has 1 heterocycles. The van der Waals surface area contributed by atoms with Crippen molar-refractivity contribution in [3.05, 3.63) is 23.5 Å². The molecule has 0 fully saturated rings. The molecular formula is C13H19F2N3O2. The predicted octanol–water partition coefficient (Wildman–Crippen LogP) is 1.83. The van der Waals surface area contributed by atoms with E-state index in [0.29, 0.717) is 17.8 Å². The van der Waals surface area contributed by atoms with Gasteiger partial charge in [-0.3, -0.25) is 9.78 Å². The van der Waals surface area contributed by atoms with Crippen LogP contribution in [-0.2, 0) is 4.74 Å². The first-order valence-corrected chi connectivity index (χ1v) is 6.39. The second-order valence-electron chi connectivity index (χ2n) is 4.12. The van der Waals surface area contributed by atoms with Crippen molar-refractivity contribution in [2.75, 3.05) is 31.6 Å². The van der Waals surface area contributed by atoms with Gasteiger partial charge in [0.05, 0.1) is 17.9 Å². The number of hydrogen-bond acceptors (Lipinski definition) is 4. The minimum Gasteiger partial charge on any atom is -0.385 e. The first kappa shape index (κ1) is 16.3. The average Bonchev–Trinajstić information content (AvgIpc) is 2.38. The summed E-state index contributed by atoms with van der Waals surface area (Å²) in [5.74, 6) is -0.311. The van der Waals surface area contributed by atoms with Gasteiger partial charge in [-0.15, -0.1) is 0 Å². The third-order valence-electron chi connectivity index (χ3n) is 2.43. The summed E-state index contributed by atoms with van der Waals surface area (Å²) in [5, 5.41) is 5.69. The van der Waals surface area contributed by atoms with E-state index in [9.17, 15) is 13.6 Å². The van der Waals surface area contributed by atoms with Crippen LogP contribution in [0, 0.1) is 6.92 Å². The van der Waals surface area contributed by atoms with Crippen molar-refractivity contribution in [3.8, 4) is 0 Å². The van der Waals surface area contributed by atoms with Crippen LogP contribution in [0.4, 0.5) is 14.5 Å². The number of halogens is 2. The first-order valence-electron chi connectivity index (χ1n) is 6.39. The minimum atomic E-state index is -2.49. The van der Waals surface area contributed by atoms with Gasteiger partial charge in [0.1, 0.15) is 6.61 Å². The maximum atomic E-state index is 12.0. The Hall–Kier alpha value is -1.76. The van der Waals surface area contributed by atoms with Crippen LogP contribution in [0.15, 0.2) is 12.3 Å². The molecule has 5 nitrogen and oxygen atoms in total.